The van der Waals surface area contributed by atoms with Crippen molar-refractivity contribution < 1.29 is 9.63 Å². The van der Waals surface area contributed by atoms with Crippen LogP contribution >= 0.6 is 12.2 Å². The quantitative estimate of drug-likeness (QED) is 0.396. The van der Waals surface area contributed by atoms with E-state index in [1.54, 1.807) is 6.92 Å². The fourth-order valence-corrected chi connectivity index (χ4v) is 0.237. The molecule has 0 aromatic heterocycles. The van der Waals surface area contributed by atoms with E-state index in [4.69, 9.17) is 0 Å². The largest absolute Gasteiger partial charge is 0.429 e. The predicted octanol–water partition coefficient (Wildman–Crippen LogP) is 0.276. The van der Waals surface area contributed by atoms with Gasteiger partial charge in [-0.2, -0.15) is 0 Å². The minimum atomic E-state index is -0.860. The summed E-state index contributed by atoms with van der Waals surface area (Å²) in [4.78, 5) is 14.8. The molecule has 1 amide bonds. The van der Waals surface area contributed by atoms with E-state index in [-0.39, 0.29) is 0 Å². The third-order valence-electron chi connectivity index (χ3n) is 0.670. The summed E-state index contributed by atoms with van der Waals surface area (Å²) in [5.41, 5.74) is 4.67. The molecular formula is C4H8N2O2S. The second kappa shape index (κ2) is 3.24. The summed E-state index contributed by atoms with van der Waals surface area (Å²) >= 11 is 4.63. The highest BCUT2D eigenvalue weighted by atomic mass is 32.1. The summed E-state index contributed by atoms with van der Waals surface area (Å²) in [5, 5.41) is 1.12. The maximum Gasteiger partial charge on any atom is 0.429 e. The first-order valence-corrected chi connectivity index (χ1v) is 2.66. The summed E-state index contributed by atoms with van der Waals surface area (Å²) in [6.45, 7) is 1.62. The molecule has 0 radical (unpaired) electrons. The number of primary amides is 1. The van der Waals surface area contributed by atoms with Crippen molar-refractivity contribution in [1.29, 1.82) is 0 Å². The Bertz CT molecular complexity index is 137. The molecule has 0 saturated heterocycles. The molecule has 0 aromatic rings. The van der Waals surface area contributed by atoms with Crippen LogP contribution in [0.3, 0.4) is 0 Å². The van der Waals surface area contributed by atoms with Gasteiger partial charge in [-0.05, 0) is 6.92 Å². The van der Waals surface area contributed by atoms with Crippen molar-refractivity contribution in [3.05, 3.63) is 0 Å². The highest BCUT2D eigenvalue weighted by Crippen LogP contribution is 1.86. The van der Waals surface area contributed by atoms with Gasteiger partial charge in [0.15, 0.2) is 0 Å². The number of hydrogen-bond acceptors (Lipinski definition) is 3. The second-order valence-corrected chi connectivity index (χ2v) is 2.02. The highest BCUT2D eigenvalue weighted by Gasteiger charge is 2.00. The Balaban J connectivity index is 3.63. The molecule has 4 nitrogen and oxygen atoms in total. The first kappa shape index (κ1) is 8.16. The average Bonchev–Trinajstić information content (AvgIpc) is 1.63. The summed E-state index contributed by atoms with van der Waals surface area (Å²) in [5.74, 6) is 0. The van der Waals surface area contributed by atoms with Gasteiger partial charge in [-0.15, -0.1) is 0 Å². The lowest BCUT2D eigenvalue weighted by Gasteiger charge is -2.13. The maximum absolute atomic E-state index is 10.0. The Morgan fingerprint density at radius 2 is 2.22 bits per heavy atom. The van der Waals surface area contributed by atoms with Gasteiger partial charge in [0.1, 0.15) is 4.99 Å². The molecule has 0 aliphatic carbocycles. The van der Waals surface area contributed by atoms with Crippen LogP contribution in [0.1, 0.15) is 6.92 Å². The minimum absolute atomic E-state index is 0.453. The lowest BCUT2D eigenvalue weighted by atomic mass is 10.7. The van der Waals surface area contributed by atoms with Crippen molar-refractivity contribution in [2.24, 2.45) is 5.73 Å². The zero-order valence-corrected chi connectivity index (χ0v) is 6.07. The molecule has 9 heavy (non-hydrogen) atoms. The summed E-state index contributed by atoms with van der Waals surface area (Å²) < 4.78 is 0. The number of rotatable bonds is 0. The molecule has 0 spiro atoms. The van der Waals surface area contributed by atoms with Gasteiger partial charge in [-0.3, -0.25) is 0 Å². The highest BCUT2D eigenvalue weighted by molar-refractivity contribution is 7.80. The van der Waals surface area contributed by atoms with Gasteiger partial charge in [0.25, 0.3) is 0 Å². The molecule has 0 bridgehead atoms. The summed E-state index contributed by atoms with van der Waals surface area (Å²) in [6, 6.07) is 0. The Kier molecular flexibility index (Phi) is 2.94. The molecule has 0 rings (SSSR count). The monoisotopic (exact) mass is 148 g/mol. The smallest absolute Gasteiger partial charge is 0.333 e. The molecule has 0 saturated carbocycles. The predicted molar refractivity (Wildman–Crippen MR) is 36.7 cm³/mol. The van der Waals surface area contributed by atoms with E-state index in [1.165, 1.54) is 7.05 Å². The molecule has 0 aliphatic rings. The zero-order chi connectivity index (χ0) is 7.44. The van der Waals surface area contributed by atoms with E-state index in [1.807, 2.05) is 0 Å². The number of nitrogens with zero attached hydrogens (tertiary/aromatic N) is 1. The number of hydrogen-bond donors (Lipinski definition) is 1. The molecule has 0 unspecified atom stereocenters. The van der Waals surface area contributed by atoms with E-state index >= 15 is 0 Å². The van der Waals surface area contributed by atoms with E-state index in [2.05, 4.69) is 22.8 Å². The first-order chi connectivity index (χ1) is 4.04. The van der Waals surface area contributed by atoms with E-state index in [9.17, 15) is 4.79 Å². The molecule has 0 aliphatic heterocycles. The zero-order valence-electron chi connectivity index (χ0n) is 5.25. The molecule has 0 fully saturated rings. The van der Waals surface area contributed by atoms with Gasteiger partial charge in [-0.1, -0.05) is 12.2 Å². The Morgan fingerprint density at radius 1 is 1.78 bits per heavy atom. The lowest BCUT2D eigenvalue weighted by Crippen LogP contribution is -2.29. The van der Waals surface area contributed by atoms with Crippen LogP contribution in [0.4, 0.5) is 4.79 Å². The van der Waals surface area contributed by atoms with Crippen LogP contribution in [0.15, 0.2) is 0 Å². The van der Waals surface area contributed by atoms with Gasteiger partial charge < -0.3 is 10.6 Å². The maximum atomic E-state index is 10.0. The van der Waals surface area contributed by atoms with Crippen LogP contribution < -0.4 is 5.73 Å². The molecule has 0 atom stereocenters. The molecule has 0 aromatic carbocycles. The Hall–Kier alpha value is -0.840. The number of amides is 1. The van der Waals surface area contributed by atoms with Crippen molar-refractivity contribution in [3.8, 4) is 0 Å². The number of hydroxylamine groups is 2. The van der Waals surface area contributed by atoms with Crippen molar-refractivity contribution in [3.63, 3.8) is 0 Å². The van der Waals surface area contributed by atoms with Gasteiger partial charge in [0.05, 0.1) is 0 Å². The van der Waals surface area contributed by atoms with Crippen molar-refractivity contribution >= 4 is 23.3 Å². The molecule has 5 heteroatoms. The average molecular weight is 148 g/mol. The van der Waals surface area contributed by atoms with Crippen LogP contribution in [-0.4, -0.2) is 23.2 Å². The molecule has 2 N–H and O–H groups in total. The molecule has 0 heterocycles. The third-order valence-corrected chi connectivity index (χ3v) is 0.927. The van der Waals surface area contributed by atoms with Gasteiger partial charge >= 0.3 is 6.09 Å². The molecule has 52 valence electrons. The van der Waals surface area contributed by atoms with E-state index in [0.29, 0.717) is 4.99 Å². The number of carbonyl (C=O) groups excluding carboxylic acids is 1. The fourth-order valence-electron chi connectivity index (χ4n) is 0.199. The van der Waals surface area contributed by atoms with Crippen LogP contribution in [-0.2, 0) is 4.84 Å². The SMILES string of the molecule is CC(=S)N(C)OC(N)=O. The van der Waals surface area contributed by atoms with Crippen LogP contribution in [0.2, 0.25) is 0 Å². The third kappa shape index (κ3) is 3.72. The topological polar surface area (TPSA) is 55.6 Å². The standard InChI is InChI=1S/C4H8N2O2S/c1-3(9)6(2)8-4(5)7/h1-2H3,(H2,5,7). The second-order valence-electron chi connectivity index (χ2n) is 1.43. The Morgan fingerprint density at radius 3 is 2.33 bits per heavy atom. The fraction of sp³-hybridized carbons (Fsp3) is 0.500. The number of carbonyl (C=O) groups is 1. The van der Waals surface area contributed by atoms with E-state index < -0.39 is 6.09 Å². The van der Waals surface area contributed by atoms with Gasteiger partial charge in [0, 0.05) is 7.05 Å². The molecular weight excluding hydrogens is 140 g/mol. The van der Waals surface area contributed by atoms with Crippen molar-refractivity contribution in [1.82, 2.24) is 5.06 Å². The first-order valence-electron chi connectivity index (χ1n) is 2.25. The minimum Gasteiger partial charge on any atom is -0.333 e. The van der Waals surface area contributed by atoms with Crippen LogP contribution in [0.25, 0.3) is 0 Å². The summed E-state index contributed by atoms with van der Waals surface area (Å²) in [6.07, 6.45) is -0.860. The normalized spacial score (nSPS) is 8.22. The number of thiocarbonyl (C=S) groups is 1. The van der Waals surface area contributed by atoms with Gasteiger partial charge in [0.2, 0.25) is 0 Å². The lowest BCUT2D eigenvalue weighted by molar-refractivity contribution is -0.00660. The van der Waals surface area contributed by atoms with Crippen molar-refractivity contribution in [2.75, 3.05) is 7.05 Å². The van der Waals surface area contributed by atoms with Crippen LogP contribution in [0.5, 0.6) is 0 Å². The summed E-state index contributed by atoms with van der Waals surface area (Å²) in [7, 11) is 1.51. The Labute approximate surface area is 58.5 Å². The van der Waals surface area contributed by atoms with E-state index in [0.717, 1.165) is 5.06 Å². The van der Waals surface area contributed by atoms with Gasteiger partial charge in [-0.25, -0.2) is 9.86 Å². The van der Waals surface area contributed by atoms with Crippen LogP contribution in [0, 0.1) is 0 Å². The number of nitrogens with two attached hydrogens (primary N) is 1. The van der Waals surface area contributed by atoms with Crippen molar-refractivity contribution in [2.45, 2.75) is 6.92 Å².